The number of hydrogen-bond donors (Lipinski definition) is 0. The summed E-state index contributed by atoms with van der Waals surface area (Å²) in [7, 11) is 0. The first-order valence-electron chi connectivity index (χ1n) is 9.04. The molecule has 0 bridgehead atoms. The number of cyclic esters (lactones) is 1. The van der Waals surface area contributed by atoms with Gasteiger partial charge in [-0.05, 0) is 61.2 Å². The van der Waals surface area contributed by atoms with Crippen LogP contribution in [-0.4, -0.2) is 18.5 Å². The van der Waals surface area contributed by atoms with Crippen LogP contribution in [0.15, 0.2) is 59.2 Å². The summed E-state index contributed by atoms with van der Waals surface area (Å²) in [6.45, 7) is 4.74. The molecule has 1 heterocycles. The van der Waals surface area contributed by atoms with E-state index < -0.39 is 5.97 Å². The molecule has 4 nitrogen and oxygen atoms in total. The Bertz CT molecular complexity index is 817. The van der Waals surface area contributed by atoms with E-state index in [-0.39, 0.29) is 0 Å². The molecule has 2 aromatic carbocycles. The first kappa shape index (κ1) is 17.9. The van der Waals surface area contributed by atoms with Crippen LogP contribution in [0.2, 0.25) is 0 Å². The molecule has 0 saturated heterocycles. The summed E-state index contributed by atoms with van der Waals surface area (Å²) in [5.41, 5.74) is 3.28. The Labute approximate surface area is 154 Å². The third-order valence-corrected chi connectivity index (χ3v) is 4.13. The third kappa shape index (κ3) is 4.39. The Morgan fingerprint density at radius 2 is 1.77 bits per heavy atom. The molecule has 0 amide bonds. The van der Waals surface area contributed by atoms with Gasteiger partial charge in [0, 0.05) is 5.56 Å². The van der Waals surface area contributed by atoms with Crippen molar-refractivity contribution < 1.29 is 14.3 Å². The van der Waals surface area contributed by atoms with Crippen LogP contribution in [0.1, 0.15) is 43.4 Å². The predicted molar refractivity (Wildman–Crippen MR) is 103 cm³/mol. The van der Waals surface area contributed by atoms with Crippen molar-refractivity contribution in [3.05, 3.63) is 70.9 Å². The number of unbranched alkanes of at least 4 members (excludes halogenated alkanes) is 1. The van der Waals surface area contributed by atoms with Crippen LogP contribution in [0.3, 0.4) is 0 Å². The van der Waals surface area contributed by atoms with Crippen molar-refractivity contribution in [1.82, 2.24) is 0 Å². The summed E-state index contributed by atoms with van der Waals surface area (Å²) < 4.78 is 10.8. The van der Waals surface area contributed by atoms with Crippen molar-refractivity contribution in [1.29, 1.82) is 0 Å². The molecule has 0 atom stereocenters. The van der Waals surface area contributed by atoms with Crippen LogP contribution in [0.5, 0.6) is 5.75 Å². The fourth-order valence-electron chi connectivity index (χ4n) is 2.71. The van der Waals surface area contributed by atoms with E-state index in [0.29, 0.717) is 18.2 Å². The maximum absolute atomic E-state index is 12.1. The Hall–Kier alpha value is -2.88. The van der Waals surface area contributed by atoms with Gasteiger partial charge in [0.2, 0.25) is 5.90 Å². The zero-order valence-electron chi connectivity index (χ0n) is 15.2. The quantitative estimate of drug-likeness (QED) is 0.534. The predicted octanol–water partition coefficient (Wildman–Crippen LogP) is 4.77. The maximum Gasteiger partial charge on any atom is 0.363 e. The molecular weight excluding hydrogens is 326 g/mol. The highest BCUT2D eigenvalue weighted by atomic mass is 16.6. The number of nitrogens with zero attached hydrogens (tertiary/aromatic N) is 1. The smallest absolute Gasteiger partial charge is 0.363 e. The van der Waals surface area contributed by atoms with Gasteiger partial charge in [-0.1, -0.05) is 37.6 Å². The van der Waals surface area contributed by atoms with E-state index in [9.17, 15) is 4.79 Å². The van der Waals surface area contributed by atoms with Gasteiger partial charge in [0.25, 0.3) is 0 Å². The summed E-state index contributed by atoms with van der Waals surface area (Å²) in [5.74, 6) is 0.731. The fourth-order valence-corrected chi connectivity index (χ4v) is 2.71. The number of benzene rings is 2. The summed E-state index contributed by atoms with van der Waals surface area (Å²) in [5, 5.41) is 0. The average molecular weight is 349 g/mol. The van der Waals surface area contributed by atoms with Gasteiger partial charge in [-0.2, -0.15) is 0 Å². The first-order chi connectivity index (χ1) is 12.7. The van der Waals surface area contributed by atoms with E-state index in [1.807, 2.05) is 43.3 Å². The number of aliphatic imine (C=N–C) groups is 1. The zero-order valence-corrected chi connectivity index (χ0v) is 15.2. The van der Waals surface area contributed by atoms with Crippen LogP contribution >= 0.6 is 0 Å². The standard InChI is InChI=1S/C22H23NO3/c1-3-5-6-16-7-11-18(12-8-16)21-23-20(22(24)26-21)15-17-9-13-19(14-10-17)25-4-2/h7-15H,3-6H2,1-2H3/b20-15-. The summed E-state index contributed by atoms with van der Waals surface area (Å²) in [4.78, 5) is 16.5. The van der Waals surface area contributed by atoms with E-state index in [1.54, 1.807) is 6.08 Å². The lowest BCUT2D eigenvalue weighted by molar-refractivity contribution is -0.129. The monoisotopic (exact) mass is 349 g/mol. The van der Waals surface area contributed by atoms with E-state index in [0.717, 1.165) is 23.3 Å². The molecule has 134 valence electrons. The minimum atomic E-state index is -0.427. The summed E-state index contributed by atoms with van der Waals surface area (Å²) in [6, 6.07) is 15.6. The van der Waals surface area contributed by atoms with Crippen LogP contribution < -0.4 is 4.74 Å². The van der Waals surface area contributed by atoms with Crippen molar-refractivity contribution in [3.63, 3.8) is 0 Å². The number of carbonyl (C=O) groups is 1. The molecule has 0 spiro atoms. The lowest BCUT2D eigenvalue weighted by Crippen LogP contribution is -2.05. The largest absolute Gasteiger partial charge is 0.494 e. The van der Waals surface area contributed by atoms with Crippen molar-refractivity contribution in [2.24, 2.45) is 4.99 Å². The Morgan fingerprint density at radius 1 is 1.04 bits per heavy atom. The fraction of sp³-hybridized carbons (Fsp3) is 0.273. The number of rotatable bonds is 7. The zero-order chi connectivity index (χ0) is 18.4. The second-order valence-corrected chi connectivity index (χ2v) is 6.14. The molecule has 0 unspecified atom stereocenters. The highest BCUT2D eigenvalue weighted by Gasteiger charge is 2.24. The number of carbonyl (C=O) groups excluding carboxylic acids is 1. The minimum absolute atomic E-state index is 0.305. The van der Waals surface area contributed by atoms with Crippen LogP contribution in [0, 0.1) is 0 Å². The minimum Gasteiger partial charge on any atom is -0.494 e. The molecular formula is C22H23NO3. The van der Waals surface area contributed by atoms with Gasteiger partial charge in [-0.3, -0.25) is 0 Å². The number of ether oxygens (including phenoxy) is 2. The van der Waals surface area contributed by atoms with E-state index in [4.69, 9.17) is 9.47 Å². The summed E-state index contributed by atoms with van der Waals surface area (Å²) >= 11 is 0. The van der Waals surface area contributed by atoms with Gasteiger partial charge >= 0.3 is 5.97 Å². The molecule has 4 heteroatoms. The second kappa shape index (κ2) is 8.48. The highest BCUT2D eigenvalue weighted by molar-refractivity contribution is 6.12. The molecule has 0 radical (unpaired) electrons. The molecule has 2 aromatic rings. The maximum atomic E-state index is 12.1. The van der Waals surface area contributed by atoms with E-state index in [1.165, 1.54) is 18.4 Å². The molecule has 1 aliphatic rings. The Balaban J connectivity index is 1.75. The van der Waals surface area contributed by atoms with Crippen LogP contribution in [0.25, 0.3) is 6.08 Å². The third-order valence-electron chi connectivity index (χ3n) is 4.13. The topological polar surface area (TPSA) is 47.9 Å². The van der Waals surface area contributed by atoms with Gasteiger partial charge in [-0.25, -0.2) is 9.79 Å². The van der Waals surface area contributed by atoms with Gasteiger partial charge in [0.1, 0.15) is 5.75 Å². The molecule has 0 aromatic heterocycles. The Kier molecular flexibility index (Phi) is 5.84. The lowest BCUT2D eigenvalue weighted by atomic mass is 10.1. The molecule has 0 saturated carbocycles. The molecule has 3 rings (SSSR count). The lowest BCUT2D eigenvalue weighted by Gasteiger charge is -2.02. The van der Waals surface area contributed by atoms with Crippen molar-refractivity contribution in [2.45, 2.75) is 33.1 Å². The normalized spacial score (nSPS) is 15.1. The Morgan fingerprint density at radius 3 is 2.42 bits per heavy atom. The summed E-state index contributed by atoms with van der Waals surface area (Å²) in [6.07, 6.45) is 5.13. The molecule has 1 aliphatic heterocycles. The van der Waals surface area contributed by atoms with Crippen molar-refractivity contribution in [3.8, 4) is 5.75 Å². The molecule has 0 N–H and O–H groups in total. The van der Waals surface area contributed by atoms with Gasteiger partial charge in [0.05, 0.1) is 6.61 Å². The van der Waals surface area contributed by atoms with E-state index >= 15 is 0 Å². The first-order valence-corrected chi connectivity index (χ1v) is 9.04. The van der Waals surface area contributed by atoms with Gasteiger partial charge in [0.15, 0.2) is 5.70 Å². The molecule has 0 aliphatic carbocycles. The van der Waals surface area contributed by atoms with Gasteiger partial charge in [-0.15, -0.1) is 0 Å². The van der Waals surface area contributed by atoms with Crippen LogP contribution in [0.4, 0.5) is 0 Å². The number of aryl methyl sites for hydroxylation is 1. The highest BCUT2D eigenvalue weighted by Crippen LogP contribution is 2.21. The molecule has 26 heavy (non-hydrogen) atoms. The second-order valence-electron chi connectivity index (χ2n) is 6.14. The van der Waals surface area contributed by atoms with E-state index in [2.05, 4.69) is 24.0 Å². The molecule has 0 fully saturated rings. The van der Waals surface area contributed by atoms with Crippen molar-refractivity contribution >= 4 is 17.9 Å². The SMILES string of the molecule is CCCCc1ccc(C2=N/C(=C\c3ccc(OCC)cc3)C(=O)O2)cc1. The average Bonchev–Trinajstić information content (AvgIpc) is 3.03. The van der Waals surface area contributed by atoms with Crippen LogP contribution in [-0.2, 0) is 16.0 Å². The number of hydrogen-bond acceptors (Lipinski definition) is 4. The number of esters is 1. The van der Waals surface area contributed by atoms with Gasteiger partial charge < -0.3 is 9.47 Å². The van der Waals surface area contributed by atoms with Crippen molar-refractivity contribution in [2.75, 3.05) is 6.61 Å².